The van der Waals surface area contributed by atoms with Gasteiger partial charge in [0.2, 0.25) is 5.95 Å². The topological polar surface area (TPSA) is 67.9 Å². The molecule has 0 amide bonds. The molecule has 0 fully saturated rings. The minimum atomic E-state index is 0.634. The first-order valence-corrected chi connectivity index (χ1v) is 5.80. The van der Waals surface area contributed by atoms with Crippen LogP contribution in [-0.2, 0) is 6.54 Å². The molecule has 2 N–H and O–H groups in total. The Labute approximate surface area is 107 Å². The average molecular weight is 243 g/mol. The van der Waals surface area contributed by atoms with Gasteiger partial charge in [-0.3, -0.25) is 0 Å². The Hall–Kier alpha value is -2.17. The Kier molecular flexibility index (Phi) is 3.41. The first-order chi connectivity index (χ1) is 8.56. The molecule has 5 heteroatoms. The quantitative estimate of drug-likeness (QED) is 0.831. The van der Waals surface area contributed by atoms with Crippen LogP contribution in [0, 0.1) is 13.8 Å². The molecule has 0 atom stereocenters. The van der Waals surface area contributed by atoms with Gasteiger partial charge in [0.15, 0.2) is 0 Å². The zero-order valence-corrected chi connectivity index (χ0v) is 10.9. The SMILES string of the molecule is Cc1nnc(N(C)Cc2ccc(N)cc2)nc1C. The van der Waals surface area contributed by atoms with Crippen LogP contribution in [0.5, 0.6) is 0 Å². The van der Waals surface area contributed by atoms with Gasteiger partial charge in [0.1, 0.15) is 0 Å². The molecule has 1 aromatic carbocycles. The summed E-state index contributed by atoms with van der Waals surface area (Å²) in [6.07, 6.45) is 0. The molecule has 0 unspecified atom stereocenters. The Morgan fingerprint density at radius 2 is 1.72 bits per heavy atom. The molecule has 0 radical (unpaired) electrons. The van der Waals surface area contributed by atoms with Crippen LogP contribution in [-0.4, -0.2) is 22.2 Å². The number of benzene rings is 1. The van der Waals surface area contributed by atoms with Crippen LogP contribution in [0.3, 0.4) is 0 Å². The smallest absolute Gasteiger partial charge is 0.245 e. The summed E-state index contributed by atoms with van der Waals surface area (Å²) >= 11 is 0. The van der Waals surface area contributed by atoms with Gasteiger partial charge in [0.05, 0.1) is 11.4 Å². The number of nitrogens with two attached hydrogens (primary N) is 1. The second-order valence-electron chi connectivity index (χ2n) is 4.38. The maximum absolute atomic E-state index is 5.66. The van der Waals surface area contributed by atoms with Crippen molar-refractivity contribution >= 4 is 11.6 Å². The summed E-state index contributed by atoms with van der Waals surface area (Å²) in [4.78, 5) is 6.38. The molecule has 2 rings (SSSR count). The minimum Gasteiger partial charge on any atom is -0.399 e. The van der Waals surface area contributed by atoms with Gasteiger partial charge in [-0.1, -0.05) is 12.1 Å². The van der Waals surface area contributed by atoms with Crippen molar-refractivity contribution in [3.05, 3.63) is 41.2 Å². The van der Waals surface area contributed by atoms with Crippen molar-refractivity contribution in [2.24, 2.45) is 0 Å². The van der Waals surface area contributed by atoms with E-state index in [2.05, 4.69) is 15.2 Å². The summed E-state index contributed by atoms with van der Waals surface area (Å²) in [5, 5.41) is 8.17. The zero-order valence-electron chi connectivity index (χ0n) is 10.9. The molecule has 0 aliphatic heterocycles. The molecule has 5 nitrogen and oxygen atoms in total. The predicted molar refractivity (Wildman–Crippen MR) is 72.3 cm³/mol. The number of aryl methyl sites for hydroxylation is 2. The second-order valence-corrected chi connectivity index (χ2v) is 4.38. The molecular formula is C13H17N5. The maximum atomic E-state index is 5.66. The predicted octanol–water partition coefficient (Wildman–Crippen LogP) is 1.71. The summed E-state index contributed by atoms with van der Waals surface area (Å²) < 4.78 is 0. The summed E-state index contributed by atoms with van der Waals surface area (Å²) in [5.41, 5.74) is 9.35. The van der Waals surface area contributed by atoms with Crippen molar-refractivity contribution in [1.29, 1.82) is 0 Å². The van der Waals surface area contributed by atoms with Gasteiger partial charge in [-0.15, -0.1) is 5.10 Å². The fraction of sp³-hybridized carbons (Fsp3) is 0.308. The van der Waals surface area contributed by atoms with Gasteiger partial charge >= 0.3 is 0 Å². The molecule has 1 heterocycles. The van der Waals surface area contributed by atoms with E-state index < -0.39 is 0 Å². The van der Waals surface area contributed by atoms with Crippen LogP contribution >= 0.6 is 0 Å². The summed E-state index contributed by atoms with van der Waals surface area (Å²) in [7, 11) is 1.95. The Morgan fingerprint density at radius 3 is 2.33 bits per heavy atom. The monoisotopic (exact) mass is 243 g/mol. The van der Waals surface area contributed by atoms with E-state index in [4.69, 9.17) is 5.73 Å². The summed E-state index contributed by atoms with van der Waals surface area (Å²) in [6.45, 7) is 4.56. The second kappa shape index (κ2) is 5.00. The standard InChI is InChI=1S/C13H17N5/c1-9-10(2)16-17-13(15-9)18(3)8-11-4-6-12(14)7-5-11/h4-7H,8,14H2,1-3H3. The molecule has 0 aliphatic carbocycles. The van der Waals surface area contributed by atoms with Crippen molar-refractivity contribution in [1.82, 2.24) is 15.2 Å². The van der Waals surface area contributed by atoms with Gasteiger partial charge in [-0.25, -0.2) is 4.98 Å². The third kappa shape index (κ3) is 2.74. The molecule has 18 heavy (non-hydrogen) atoms. The van der Waals surface area contributed by atoms with Crippen LogP contribution in [0.1, 0.15) is 17.0 Å². The van der Waals surface area contributed by atoms with E-state index in [-0.39, 0.29) is 0 Å². The molecule has 0 spiro atoms. The molecule has 0 aliphatic rings. The fourth-order valence-corrected chi connectivity index (χ4v) is 1.57. The number of hydrogen-bond acceptors (Lipinski definition) is 5. The van der Waals surface area contributed by atoms with Crippen LogP contribution in [0.25, 0.3) is 0 Å². The molecule has 94 valence electrons. The number of aromatic nitrogens is 3. The lowest BCUT2D eigenvalue weighted by Crippen LogP contribution is -2.20. The Morgan fingerprint density at radius 1 is 1.06 bits per heavy atom. The number of nitrogen functional groups attached to an aromatic ring is 1. The normalized spacial score (nSPS) is 10.4. The summed E-state index contributed by atoms with van der Waals surface area (Å²) in [5.74, 6) is 0.634. The van der Waals surface area contributed by atoms with E-state index in [1.165, 1.54) is 0 Å². The molecular weight excluding hydrogens is 226 g/mol. The number of nitrogens with zero attached hydrogens (tertiary/aromatic N) is 4. The Balaban J connectivity index is 2.13. The van der Waals surface area contributed by atoms with E-state index in [1.807, 2.05) is 50.1 Å². The lowest BCUT2D eigenvalue weighted by atomic mass is 10.2. The lowest BCUT2D eigenvalue weighted by molar-refractivity contribution is 0.804. The van der Waals surface area contributed by atoms with Crippen molar-refractivity contribution in [3.8, 4) is 0 Å². The van der Waals surface area contributed by atoms with Crippen molar-refractivity contribution in [2.75, 3.05) is 17.7 Å². The van der Waals surface area contributed by atoms with Gasteiger partial charge in [-0.05, 0) is 31.5 Å². The number of hydrogen-bond donors (Lipinski definition) is 1. The fourth-order valence-electron chi connectivity index (χ4n) is 1.57. The Bertz CT molecular complexity index is 536. The highest BCUT2D eigenvalue weighted by atomic mass is 15.3. The van der Waals surface area contributed by atoms with E-state index in [0.29, 0.717) is 5.95 Å². The van der Waals surface area contributed by atoms with E-state index in [0.717, 1.165) is 29.2 Å². The zero-order chi connectivity index (χ0) is 13.1. The van der Waals surface area contributed by atoms with E-state index in [9.17, 15) is 0 Å². The molecule has 1 aromatic heterocycles. The van der Waals surface area contributed by atoms with Gasteiger partial charge in [0.25, 0.3) is 0 Å². The third-order valence-corrected chi connectivity index (χ3v) is 2.82. The van der Waals surface area contributed by atoms with Crippen LogP contribution < -0.4 is 10.6 Å². The largest absolute Gasteiger partial charge is 0.399 e. The number of rotatable bonds is 3. The van der Waals surface area contributed by atoms with Crippen LogP contribution in [0.15, 0.2) is 24.3 Å². The van der Waals surface area contributed by atoms with Gasteiger partial charge < -0.3 is 10.6 Å². The average Bonchev–Trinajstić information content (AvgIpc) is 2.35. The molecule has 0 saturated carbocycles. The lowest BCUT2D eigenvalue weighted by Gasteiger charge is -2.17. The minimum absolute atomic E-state index is 0.634. The third-order valence-electron chi connectivity index (χ3n) is 2.82. The molecule has 0 bridgehead atoms. The number of anilines is 2. The first-order valence-electron chi connectivity index (χ1n) is 5.80. The van der Waals surface area contributed by atoms with Crippen molar-refractivity contribution < 1.29 is 0 Å². The van der Waals surface area contributed by atoms with Crippen molar-refractivity contribution in [3.63, 3.8) is 0 Å². The van der Waals surface area contributed by atoms with Crippen LogP contribution in [0.4, 0.5) is 11.6 Å². The van der Waals surface area contributed by atoms with E-state index in [1.54, 1.807) is 0 Å². The van der Waals surface area contributed by atoms with Crippen LogP contribution in [0.2, 0.25) is 0 Å². The van der Waals surface area contributed by atoms with Crippen molar-refractivity contribution in [2.45, 2.75) is 20.4 Å². The maximum Gasteiger partial charge on any atom is 0.245 e. The summed E-state index contributed by atoms with van der Waals surface area (Å²) in [6, 6.07) is 7.78. The highest BCUT2D eigenvalue weighted by Gasteiger charge is 2.07. The molecule has 2 aromatic rings. The van der Waals surface area contributed by atoms with Gasteiger partial charge in [-0.2, -0.15) is 5.10 Å². The first kappa shape index (κ1) is 12.3. The highest BCUT2D eigenvalue weighted by molar-refractivity contribution is 5.40. The van der Waals surface area contributed by atoms with Gasteiger partial charge in [0, 0.05) is 19.3 Å². The van der Waals surface area contributed by atoms with E-state index >= 15 is 0 Å². The molecule has 0 saturated heterocycles. The highest BCUT2D eigenvalue weighted by Crippen LogP contribution is 2.12.